The molecule has 0 aliphatic heterocycles. The minimum atomic E-state index is -0.0473. The van der Waals surface area contributed by atoms with Gasteiger partial charge in [0.1, 0.15) is 5.75 Å². The van der Waals surface area contributed by atoms with Crippen LogP contribution >= 0.6 is 15.9 Å². The van der Waals surface area contributed by atoms with E-state index in [0.29, 0.717) is 37.6 Å². The van der Waals surface area contributed by atoms with Crippen molar-refractivity contribution in [3.05, 3.63) is 28.2 Å². The fraction of sp³-hybridized carbons (Fsp3) is 0.533. The third kappa shape index (κ3) is 5.65. The van der Waals surface area contributed by atoms with Crippen LogP contribution in [0.3, 0.4) is 0 Å². The van der Waals surface area contributed by atoms with Gasteiger partial charge in [0, 0.05) is 38.4 Å². The molecule has 0 fully saturated rings. The van der Waals surface area contributed by atoms with E-state index >= 15 is 0 Å². The first-order valence-electron chi connectivity index (χ1n) is 6.74. The molecule has 1 rings (SSSR count). The molecule has 118 valence electrons. The third-order valence-corrected chi connectivity index (χ3v) is 3.72. The van der Waals surface area contributed by atoms with Crippen LogP contribution in [0.1, 0.15) is 16.8 Å². The Balaban J connectivity index is 2.87. The van der Waals surface area contributed by atoms with Crippen LogP contribution in [0.4, 0.5) is 0 Å². The van der Waals surface area contributed by atoms with E-state index in [-0.39, 0.29) is 5.91 Å². The zero-order chi connectivity index (χ0) is 15.7. The average molecular weight is 360 g/mol. The number of hydrogen-bond donors (Lipinski definition) is 0. The van der Waals surface area contributed by atoms with E-state index in [9.17, 15) is 4.79 Å². The minimum Gasteiger partial charge on any atom is -0.497 e. The molecule has 0 bridgehead atoms. The molecule has 1 aromatic rings. The summed E-state index contributed by atoms with van der Waals surface area (Å²) in [5, 5.41) is 0. The topological polar surface area (TPSA) is 48.0 Å². The molecule has 0 spiro atoms. The Kier molecular flexibility index (Phi) is 8.34. The summed E-state index contributed by atoms with van der Waals surface area (Å²) in [5.74, 6) is 0.610. The van der Waals surface area contributed by atoms with Crippen LogP contribution in [0, 0.1) is 0 Å². The van der Waals surface area contributed by atoms with Crippen molar-refractivity contribution >= 4 is 21.8 Å². The lowest BCUT2D eigenvalue weighted by Gasteiger charge is -2.23. The molecular weight excluding hydrogens is 338 g/mol. The maximum Gasteiger partial charge on any atom is 0.255 e. The first-order valence-corrected chi connectivity index (χ1v) is 7.54. The van der Waals surface area contributed by atoms with Crippen molar-refractivity contribution in [3.8, 4) is 5.75 Å². The molecule has 0 unspecified atom stereocenters. The SMILES string of the molecule is COCCCN(CCOC)C(=O)c1cc(OC)ccc1Br. The predicted molar refractivity (Wildman–Crippen MR) is 85.0 cm³/mol. The van der Waals surface area contributed by atoms with Crippen molar-refractivity contribution < 1.29 is 19.0 Å². The smallest absolute Gasteiger partial charge is 0.255 e. The molecule has 6 heteroatoms. The molecule has 0 aromatic heterocycles. The first kappa shape index (κ1) is 17.9. The van der Waals surface area contributed by atoms with E-state index in [1.807, 2.05) is 12.1 Å². The second kappa shape index (κ2) is 9.76. The molecule has 0 aliphatic carbocycles. The molecule has 0 aliphatic rings. The maximum absolute atomic E-state index is 12.7. The van der Waals surface area contributed by atoms with Gasteiger partial charge < -0.3 is 19.1 Å². The summed E-state index contributed by atoms with van der Waals surface area (Å²) in [6.07, 6.45) is 0.785. The van der Waals surface area contributed by atoms with Crippen molar-refractivity contribution in [1.82, 2.24) is 4.90 Å². The molecule has 0 atom stereocenters. The second-order valence-corrected chi connectivity index (χ2v) is 5.33. The summed E-state index contributed by atoms with van der Waals surface area (Å²) in [7, 11) is 4.86. The van der Waals surface area contributed by atoms with Crippen LogP contribution in [0.2, 0.25) is 0 Å². The molecule has 1 amide bonds. The van der Waals surface area contributed by atoms with Crippen LogP contribution in [0.5, 0.6) is 5.75 Å². The summed E-state index contributed by atoms with van der Waals surface area (Å²) in [6.45, 7) is 2.29. The van der Waals surface area contributed by atoms with Gasteiger partial charge in [0.25, 0.3) is 5.91 Å². The van der Waals surface area contributed by atoms with Crippen LogP contribution in [0.25, 0.3) is 0 Å². The lowest BCUT2D eigenvalue weighted by atomic mass is 10.2. The first-order chi connectivity index (χ1) is 10.1. The van der Waals surface area contributed by atoms with Crippen molar-refractivity contribution in [2.24, 2.45) is 0 Å². The monoisotopic (exact) mass is 359 g/mol. The molecule has 0 saturated carbocycles. The zero-order valence-electron chi connectivity index (χ0n) is 12.7. The molecule has 0 N–H and O–H groups in total. The normalized spacial score (nSPS) is 10.5. The van der Waals surface area contributed by atoms with Crippen LogP contribution in [-0.2, 0) is 9.47 Å². The molecule has 21 heavy (non-hydrogen) atoms. The largest absolute Gasteiger partial charge is 0.497 e. The summed E-state index contributed by atoms with van der Waals surface area (Å²) >= 11 is 3.42. The molecule has 1 aromatic carbocycles. The Morgan fingerprint density at radius 3 is 2.48 bits per heavy atom. The number of amides is 1. The van der Waals surface area contributed by atoms with E-state index < -0.39 is 0 Å². The highest BCUT2D eigenvalue weighted by Gasteiger charge is 2.18. The van der Waals surface area contributed by atoms with Gasteiger partial charge in [-0.1, -0.05) is 0 Å². The summed E-state index contributed by atoms with van der Waals surface area (Å²) in [4.78, 5) is 14.4. The fourth-order valence-electron chi connectivity index (χ4n) is 1.88. The van der Waals surface area contributed by atoms with Gasteiger partial charge in [-0.05, 0) is 40.5 Å². The van der Waals surface area contributed by atoms with Gasteiger partial charge in [-0.3, -0.25) is 4.79 Å². The van der Waals surface area contributed by atoms with E-state index in [1.54, 1.807) is 32.3 Å². The highest BCUT2D eigenvalue weighted by molar-refractivity contribution is 9.10. The van der Waals surface area contributed by atoms with Gasteiger partial charge in [0.2, 0.25) is 0 Å². The van der Waals surface area contributed by atoms with Gasteiger partial charge in [-0.25, -0.2) is 0 Å². The molecule has 0 heterocycles. The second-order valence-electron chi connectivity index (χ2n) is 4.48. The highest BCUT2D eigenvalue weighted by Crippen LogP contribution is 2.24. The van der Waals surface area contributed by atoms with Crippen molar-refractivity contribution in [1.29, 1.82) is 0 Å². The Morgan fingerprint density at radius 1 is 1.14 bits per heavy atom. The van der Waals surface area contributed by atoms with Crippen molar-refractivity contribution in [2.75, 3.05) is 47.6 Å². The van der Waals surface area contributed by atoms with E-state index in [2.05, 4.69) is 15.9 Å². The standard InChI is InChI=1S/C15H22BrNO4/c1-19-9-4-7-17(8-10-20-2)15(18)13-11-12(21-3)5-6-14(13)16/h5-6,11H,4,7-10H2,1-3H3. The Hall–Kier alpha value is -1.11. The van der Waals surface area contributed by atoms with Crippen molar-refractivity contribution in [2.45, 2.75) is 6.42 Å². The number of methoxy groups -OCH3 is 3. The number of ether oxygens (including phenoxy) is 3. The molecule has 0 radical (unpaired) electrons. The van der Waals surface area contributed by atoms with Crippen LogP contribution in [0.15, 0.2) is 22.7 Å². The Bertz CT molecular complexity index is 453. The lowest BCUT2D eigenvalue weighted by molar-refractivity contribution is 0.0673. The summed E-state index contributed by atoms with van der Waals surface area (Å²) in [6, 6.07) is 5.36. The lowest BCUT2D eigenvalue weighted by Crippen LogP contribution is -2.35. The zero-order valence-corrected chi connectivity index (χ0v) is 14.3. The molecular formula is C15H22BrNO4. The highest BCUT2D eigenvalue weighted by atomic mass is 79.9. The number of halogens is 1. The van der Waals surface area contributed by atoms with Crippen LogP contribution in [-0.4, -0.2) is 58.4 Å². The number of nitrogens with zero attached hydrogens (tertiary/aromatic N) is 1. The van der Waals surface area contributed by atoms with Crippen LogP contribution < -0.4 is 4.74 Å². The minimum absolute atomic E-state index is 0.0473. The summed E-state index contributed by atoms with van der Waals surface area (Å²) in [5.41, 5.74) is 0.586. The molecule has 5 nitrogen and oxygen atoms in total. The fourth-order valence-corrected chi connectivity index (χ4v) is 2.30. The van der Waals surface area contributed by atoms with Gasteiger partial charge in [-0.15, -0.1) is 0 Å². The van der Waals surface area contributed by atoms with E-state index in [0.717, 1.165) is 10.9 Å². The quantitative estimate of drug-likeness (QED) is 0.635. The number of rotatable bonds is 9. The van der Waals surface area contributed by atoms with Gasteiger partial charge >= 0.3 is 0 Å². The maximum atomic E-state index is 12.7. The Labute approximate surface area is 134 Å². The number of carbonyl (C=O) groups excluding carboxylic acids is 1. The van der Waals surface area contributed by atoms with E-state index in [4.69, 9.17) is 14.2 Å². The molecule has 0 saturated heterocycles. The van der Waals surface area contributed by atoms with Gasteiger partial charge in [0.05, 0.1) is 19.3 Å². The number of carbonyl (C=O) groups is 1. The van der Waals surface area contributed by atoms with Crippen molar-refractivity contribution in [3.63, 3.8) is 0 Å². The van der Waals surface area contributed by atoms with Gasteiger partial charge in [0.15, 0.2) is 0 Å². The Morgan fingerprint density at radius 2 is 1.86 bits per heavy atom. The average Bonchev–Trinajstić information content (AvgIpc) is 2.50. The summed E-state index contributed by atoms with van der Waals surface area (Å²) < 4.78 is 16.1. The number of benzene rings is 1. The predicted octanol–water partition coefficient (Wildman–Crippen LogP) is 2.58. The third-order valence-electron chi connectivity index (χ3n) is 3.03. The van der Waals surface area contributed by atoms with Gasteiger partial charge in [-0.2, -0.15) is 0 Å². The van der Waals surface area contributed by atoms with E-state index in [1.165, 1.54) is 0 Å². The number of hydrogen-bond acceptors (Lipinski definition) is 4.